The first kappa shape index (κ1) is 22.6. The SMILES string of the molecule is COc1cc(C2(CO)COc3cc(C4Oc5cc(O)cc(O)c5C(=O)C4O)ccc3O2)ccc1O. The lowest BCUT2D eigenvalue weighted by molar-refractivity contribution is -0.0526. The first-order valence-electron chi connectivity index (χ1n) is 10.7. The Hall–Kier alpha value is -4.15. The van der Waals surface area contributed by atoms with Gasteiger partial charge >= 0.3 is 0 Å². The summed E-state index contributed by atoms with van der Waals surface area (Å²) in [6.45, 7) is -0.504. The van der Waals surface area contributed by atoms with E-state index < -0.39 is 35.9 Å². The molecule has 3 aromatic rings. The molecule has 2 aliphatic heterocycles. The van der Waals surface area contributed by atoms with Crippen LogP contribution in [0, 0.1) is 0 Å². The second kappa shape index (κ2) is 8.26. The Balaban J connectivity index is 1.46. The molecule has 10 nitrogen and oxygen atoms in total. The average molecular weight is 482 g/mol. The number of aliphatic hydroxyl groups is 2. The maximum atomic E-state index is 12.7. The van der Waals surface area contributed by atoms with Gasteiger partial charge in [-0.3, -0.25) is 4.79 Å². The second-order valence-corrected chi connectivity index (χ2v) is 8.32. The minimum Gasteiger partial charge on any atom is -0.508 e. The Kier molecular flexibility index (Phi) is 5.34. The van der Waals surface area contributed by atoms with Crippen molar-refractivity contribution in [1.29, 1.82) is 0 Å². The number of phenols is 3. The van der Waals surface area contributed by atoms with E-state index in [1.165, 1.54) is 19.2 Å². The van der Waals surface area contributed by atoms with Crippen LogP contribution in [0.1, 0.15) is 27.6 Å². The van der Waals surface area contributed by atoms with Gasteiger partial charge in [-0.05, 0) is 29.8 Å². The molecule has 0 amide bonds. The van der Waals surface area contributed by atoms with E-state index in [1.54, 1.807) is 30.3 Å². The molecule has 5 N–H and O–H groups in total. The van der Waals surface area contributed by atoms with Gasteiger partial charge < -0.3 is 44.5 Å². The van der Waals surface area contributed by atoms with E-state index >= 15 is 0 Å². The Morgan fingerprint density at radius 3 is 2.54 bits per heavy atom. The van der Waals surface area contributed by atoms with E-state index in [1.807, 2.05) is 0 Å². The van der Waals surface area contributed by atoms with Crippen molar-refractivity contribution in [3.8, 4) is 40.2 Å². The molecule has 0 saturated heterocycles. The molecule has 2 aliphatic rings. The highest BCUT2D eigenvalue weighted by atomic mass is 16.6. The Bertz CT molecular complexity index is 1320. The largest absolute Gasteiger partial charge is 0.508 e. The van der Waals surface area contributed by atoms with Crippen molar-refractivity contribution in [3.63, 3.8) is 0 Å². The molecule has 3 unspecified atom stereocenters. The van der Waals surface area contributed by atoms with E-state index in [2.05, 4.69) is 0 Å². The lowest BCUT2D eigenvalue weighted by atomic mass is 9.91. The summed E-state index contributed by atoms with van der Waals surface area (Å²) in [5, 5.41) is 50.4. The maximum Gasteiger partial charge on any atom is 0.202 e. The van der Waals surface area contributed by atoms with Crippen LogP contribution in [0.25, 0.3) is 0 Å². The quantitative estimate of drug-likeness (QED) is 0.373. The van der Waals surface area contributed by atoms with Crippen LogP contribution in [0.2, 0.25) is 0 Å². The predicted octanol–water partition coefficient (Wildman–Crippen LogP) is 2.15. The fourth-order valence-corrected chi connectivity index (χ4v) is 4.27. The van der Waals surface area contributed by atoms with E-state index in [-0.39, 0.29) is 35.2 Å². The summed E-state index contributed by atoms with van der Waals surface area (Å²) < 4.78 is 22.9. The molecule has 10 heteroatoms. The van der Waals surface area contributed by atoms with Gasteiger partial charge in [-0.1, -0.05) is 12.1 Å². The number of phenolic OH excluding ortho intramolecular Hbond substituents is 3. The molecule has 5 rings (SSSR count). The number of aliphatic hydroxyl groups excluding tert-OH is 2. The van der Waals surface area contributed by atoms with E-state index in [0.717, 1.165) is 6.07 Å². The predicted molar refractivity (Wildman–Crippen MR) is 119 cm³/mol. The number of aromatic hydroxyl groups is 3. The minimum atomic E-state index is -1.61. The van der Waals surface area contributed by atoms with Crippen molar-refractivity contribution in [2.24, 2.45) is 0 Å². The molecular weight excluding hydrogens is 460 g/mol. The fourth-order valence-electron chi connectivity index (χ4n) is 4.27. The number of fused-ring (bicyclic) bond motifs is 2. The van der Waals surface area contributed by atoms with Gasteiger partial charge in [0.2, 0.25) is 5.78 Å². The molecule has 2 heterocycles. The summed E-state index contributed by atoms with van der Waals surface area (Å²) in [6, 6.07) is 11.4. The van der Waals surface area contributed by atoms with Crippen molar-refractivity contribution in [2.45, 2.75) is 17.8 Å². The average Bonchev–Trinajstić information content (AvgIpc) is 2.85. The third-order valence-electron chi connectivity index (χ3n) is 6.15. The van der Waals surface area contributed by atoms with Crippen molar-refractivity contribution < 1.29 is 49.3 Å². The van der Waals surface area contributed by atoms with Crippen molar-refractivity contribution in [1.82, 2.24) is 0 Å². The molecule has 0 spiro atoms. The summed E-state index contributed by atoms with van der Waals surface area (Å²) in [7, 11) is 1.41. The smallest absolute Gasteiger partial charge is 0.202 e. The lowest BCUT2D eigenvalue weighted by Crippen LogP contribution is -2.45. The molecule has 3 aromatic carbocycles. The standard InChI is InChI=1S/C25H22O10/c1-32-18-7-13(3-4-15(18)28)25(10-26)11-33-19-6-12(2-5-17(19)35-25)24-23(31)22(30)21-16(29)8-14(27)9-20(21)34-24/h2-9,23-24,26-29,31H,10-11H2,1H3. The number of ketones is 1. The zero-order chi connectivity index (χ0) is 24.9. The van der Waals surface area contributed by atoms with E-state index in [4.69, 9.17) is 18.9 Å². The van der Waals surface area contributed by atoms with Crippen LogP contribution in [-0.4, -0.2) is 57.7 Å². The molecule has 3 atom stereocenters. The number of ether oxygens (including phenoxy) is 4. The van der Waals surface area contributed by atoms with Crippen LogP contribution in [0.5, 0.6) is 40.2 Å². The molecule has 35 heavy (non-hydrogen) atoms. The number of carbonyl (C=O) groups excluding carboxylic acids is 1. The third kappa shape index (κ3) is 3.63. The highest BCUT2D eigenvalue weighted by Gasteiger charge is 2.42. The van der Waals surface area contributed by atoms with Crippen LogP contribution in [-0.2, 0) is 5.60 Å². The number of hydrogen-bond acceptors (Lipinski definition) is 10. The zero-order valence-electron chi connectivity index (χ0n) is 18.5. The number of Topliss-reactive ketones (excluding diaryl/α,β-unsaturated/α-hetero) is 1. The fraction of sp³-hybridized carbons (Fsp3) is 0.240. The number of carbonyl (C=O) groups is 1. The number of rotatable bonds is 4. The van der Waals surface area contributed by atoms with Gasteiger partial charge in [-0.25, -0.2) is 0 Å². The summed E-state index contributed by atoms with van der Waals surface area (Å²) >= 11 is 0. The molecule has 0 saturated carbocycles. The summed E-state index contributed by atoms with van der Waals surface area (Å²) in [6.07, 6.45) is -2.74. The van der Waals surface area contributed by atoms with Crippen LogP contribution < -0.4 is 18.9 Å². The molecule has 182 valence electrons. The number of hydrogen-bond donors (Lipinski definition) is 5. The van der Waals surface area contributed by atoms with Crippen LogP contribution in [0.15, 0.2) is 48.5 Å². The second-order valence-electron chi connectivity index (χ2n) is 8.32. The number of benzene rings is 3. The molecule has 0 aliphatic carbocycles. The highest BCUT2D eigenvalue weighted by Crippen LogP contribution is 2.45. The molecule has 0 aromatic heterocycles. The molecular formula is C25H22O10. The highest BCUT2D eigenvalue weighted by molar-refractivity contribution is 6.05. The van der Waals surface area contributed by atoms with Gasteiger partial charge in [0.15, 0.2) is 40.8 Å². The first-order chi connectivity index (χ1) is 16.8. The van der Waals surface area contributed by atoms with Gasteiger partial charge in [0.1, 0.15) is 29.4 Å². The normalized spacial score (nSPS) is 22.8. The zero-order valence-corrected chi connectivity index (χ0v) is 18.5. The third-order valence-corrected chi connectivity index (χ3v) is 6.15. The van der Waals surface area contributed by atoms with Gasteiger partial charge in [0.25, 0.3) is 0 Å². The molecule has 0 radical (unpaired) electrons. The first-order valence-corrected chi connectivity index (χ1v) is 10.7. The van der Waals surface area contributed by atoms with E-state index in [9.17, 15) is 30.3 Å². The van der Waals surface area contributed by atoms with Gasteiger partial charge in [0.05, 0.1) is 13.7 Å². The maximum absolute atomic E-state index is 12.7. The van der Waals surface area contributed by atoms with Crippen LogP contribution in [0.3, 0.4) is 0 Å². The molecule has 0 bridgehead atoms. The Morgan fingerprint density at radius 1 is 1.00 bits per heavy atom. The van der Waals surface area contributed by atoms with Crippen molar-refractivity contribution in [3.05, 3.63) is 65.2 Å². The lowest BCUT2D eigenvalue weighted by Gasteiger charge is -2.38. The monoisotopic (exact) mass is 482 g/mol. The number of methoxy groups -OCH3 is 1. The van der Waals surface area contributed by atoms with Crippen LogP contribution >= 0.6 is 0 Å². The van der Waals surface area contributed by atoms with E-state index in [0.29, 0.717) is 22.6 Å². The van der Waals surface area contributed by atoms with Gasteiger partial charge in [-0.15, -0.1) is 0 Å². The van der Waals surface area contributed by atoms with Crippen molar-refractivity contribution in [2.75, 3.05) is 20.3 Å². The Labute approximate surface area is 199 Å². The van der Waals surface area contributed by atoms with Gasteiger partial charge in [-0.2, -0.15) is 0 Å². The van der Waals surface area contributed by atoms with Crippen LogP contribution in [0.4, 0.5) is 0 Å². The van der Waals surface area contributed by atoms with Gasteiger partial charge in [0, 0.05) is 17.7 Å². The minimum absolute atomic E-state index is 0.0572. The summed E-state index contributed by atoms with van der Waals surface area (Å²) in [5.41, 5.74) is -0.553. The topological polar surface area (TPSA) is 155 Å². The Morgan fingerprint density at radius 2 is 1.80 bits per heavy atom. The summed E-state index contributed by atoms with van der Waals surface area (Å²) in [5.74, 6) is -0.838. The van der Waals surface area contributed by atoms with Crippen molar-refractivity contribution >= 4 is 5.78 Å². The molecule has 0 fully saturated rings. The summed E-state index contributed by atoms with van der Waals surface area (Å²) in [4.78, 5) is 12.7.